The number of hydrogen-bond acceptors (Lipinski definition) is 1. The molecule has 0 saturated heterocycles. The van der Waals surface area contributed by atoms with Crippen molar-refractivity contribution in [1.82, 2.24) is 0 Å². The standard InChI is InChI=1S/C19H36.C6H15N.C2H6/c1-4-6-8-9-10-11-12-13-14-15-16-18-19(3)17-7-5-2;1-3-6(2)4-5-7;1-2/h5,7,17H,4,6,8-16,18H2,1-3H3;6H,3-5,7H2,1-2H3;1-2H3/b7-5-,19-17+;;. The third-order valence-corrected chi connectivity index (χ3v) is 5.10. The number of allylic oxidation sites excluding steroid dienone is 4. The molecule has 2 N–H and O–H groups in total. The molecule has 170 valence electrons. The fourth-order valence-corrected chi connectivity index (χ4v) is 2.90. The van der Waals surface area contributed by atoms with Crippen LogP contribution in [0.25, 0.3) is 0 Å². The lowest BCUT2D eigenvalue weighted by Crippen LogP contribution is -2.04. The molecule has 28 heavy (non-hydrogen) atoms. The minimum absolute atomic E-state index is 0.824. The lowest BCUT2D eigenvalue weighted by molar-refractivity contribution is 0.524. The zero-order chi connectivity index (χ0) is 21.9. The van der Waals surface area contributed by atoms with Gasteiger partial charge in [0, 0.05) is 0 Å². The summed E-state index contributed by atoms with van der Waals surface area (Å²) in [6.07, 6.45) is 26.0. The lowest BCUT2D eigenvalue weighted by Gasteiger charge is -2.03. The Bertz CT molecular complexity index is 303. The molecule has 0 aliphatic rings. The van der Waals surface area contributed by atoms with Gasteiger partial charge in [-0.15, -0.1) is 0 Å². The van der Waals surface area contributed by atoms with Crippen LogP contribution in [0.4, 0.5) is 0 Å². The van der Waals surface area contributed by atoms with E-state index in [0.717, 1.165) is 12.5 Å². The SMILES string of the molecule is C/C=C\C=C(/C)CCCCCCCCCCCCC.CC.CCC(C)CCN. The molecule has 0 bridgehead atoms. The van der Waals surface area contributed by atoms with Crippen molar-refractivity contribution >= 4 is 0 Å². The molecule has 0 amide bonds. The van der Waals surface area contributed by atoms with Gasteiger partial charge in [0.2, 0.25) is 0 Å². The first-order valence-corrected chi connectivity index (χ1v) is 12.6. The number of rotatable bonds is 16. The molecule has 0 spiro atoms. The highest BCUT2D eigenvalue weighted by Gasteiger charge is 1.94. The fraction of sp³-hybridized carbons (Fsp3) is 0.852. The zero-order valence-corrected chi connectivity index (χ0v) is 21.0. The second-order valence-corrected chi connectivity index (χ2v) is 7.92. The van der Waals surface area contributed by atoms with Crippen LogP contribution in [0.3, 0.4) is 0 Å². The molecule has 0 aliphatic heterocycles. The third-order valence-electron chi connectivity index (χ3n) is 5.10. The Hall–Kier alpha value is -0.560. The minimum Gasteiger partial charge on any atom is -0.330 e. The molecule has 0 aliphatic carbocycles. The molecule has 0 saturated carbocycles. The van der Waals surface area contributed by atoms with Crippen molar-refractivity contribution < 1.29 is 0 Å². The number of unbranched alkanes of at least 4 members (excludes halogenated alkanes) is 10. The lowest BCUT2D eigenvalue weighted by atomic mass is 10.0. The summed E-state index contributed by atoms with van der Waals surface area (Å²) >= 11 is 0. The van der Waals surface area contributed by atoms with Crippen LogP contribution in [0.15, 0.2) is 23.8 Å². The van der Waals surface area contributed by atoms with E-state index < -0.39 is 0 Å². The van der Waals surface area contributed by atoms with E-state index in [-0.39, 0.29) is 0 Å². The van der Waals surface area contributed by atoms with Crippen LogP contribution < -0.4 is 5.73 Å². The summed E-state index contributed by atoms with van der Waals surface area (Å²) in [6.45, 7) is 15.9. The Balaban J connectivity index is -0.000000581. The van der Waals surface area contributed by atoms with Crippen LogP contribution in [-0.4, -0.2) is 6.54 Å². The molecule has 0 aromatic carbocycles. The van der Waals surface area contributed by atoms with Crippen LogP contribution in [-0.2, 0) is 0 Å². The predicted molar refractivity (Wildman–Crippen MR) is 134 cm³/mol. The highest BCUT2D eigenvalue weighted by Crippen LogP contribution is 2.13. The maximum atomic E-state index is 5.30. The fourth-order valence-electron chi connectivity index (χ4n) is 2.90. The van der Waals surface area contributed by atoms with Gasteiger partial charge in [-0.05, 0) is 45.6 Å². The molecule has 1 atom stereocenters. The molecule has 1 unspecified atom stereocenters. The Morgan fingerprint density at radius 2 is 1.29 bits per heavy atom. The quantitative estimate of drug-likeness (QED) is 0.204. The molecule has 0 aromatic rings. The van der Waals surface area contributed by atoms with Gasteiger partial charge in [0.1, 0.15) is 0 Å². The van der Waals surface area contributed by atoms with Crippen molar-refractivity contribution in [3.05, 3.63) is 23.8 Å². The van der Waals surface area contributed by atoms with E-state index in [4.69, 9.17) is 5.73 Å². The molecule has 0 aromatic heterocycles. The van der Waals surface area contributed by atoms with Gasteiger partial charge in [-0.2, -0.15) is 0 Å². The summed E-state index contributed by atoms with van der Waals surface area (Å²) in [7, 11) is 0. The van der Waals surface area contributed by atoms with Crippen molar-refractivity contribution in [2.45, 2.75) is 138 Å². The van der Waals surface area contributed by atoms with Crippen molar-refractivity contribution in [2.75, 3.05) is 6.54 Å². The number of hydrogen-bond donors (Lipinski definition) is 1. The van der Waals surface area contributed by atoms with Gasteiger partial charge in [-0.25, -0.2) is 0 Å². The van der Waals surface area contributed by atoms with E-state index in [1.807, 2.05) is 13.8 Å². The maximum Gasteiger partial charge on any atom is -0.00747 e. The smallest absolute Gasteiger partial charge is 0.00747 e. The van der Waals surface area contributed by atoms with Gasteiger partial charge >= 0.3 is 0 Å². The summed E-state index contributed by atoms with van der Waals surface area (Å²) in [5.41, 5.74) is 6.83. The van der Waals surface area contributed by atoms with Crippen LogP contribution in [0, 0.1) is 5.92 Å². The Kier molecular flexibility index (Phi) is 35.7. The summed E-state index contributed by atoms with van der Waals surface area (Å²) in [5.74, 6) is 0.824. The van der Waals surface area contributed by atoms with E-state index in [1.165, 1.54) is 95.5 Å². The van der Waals surface area contributed by atoms with Gasteiger partial charge < -0.3 is 5.73 Å². The zero-order valence-electron chi connectivity index (χ0n) is 21.0. The first-order chi connectivity index (χ1) is 13.6. The molecule has 0 rings (SSSR count). The van der Waals surface area contributed by atoms with Crippen LogP contribution in [0.1, 0.15) is 138 Å². The molecule has 1 nitrogen and oxygen atoms in total. The number of nitrogens with two attached hydrogens (primary N) is 1. The summed E-state index contributed by atoms with van der Waals surface area (Å²) in [5, 5.41) is 0. The Morgan fingerprint density at radius 1 is 0.821 bits per heavy atom. The van der Waals surface area contributed by atoms with Crippen molar-refractivity contribution in [3.8, 4) is 0 Å². The van der Waals surface area contributed by atoms with Crippen molar-refractivity contribution in [2.24, 2.45) is 11.7 Å². The first-order valence-electron chi connectivity index (χ1n) is 12.6. The molecule has 0 heterocycles. The van der Waals surface area contributed by atoms with Crippen molar-refractivity contribution in [1.29, 1.82) is 0 Å². The third kappa shape index (κ3) is 33.1. The van der Waals surface area contributed by atoms with E-state index >= 15 is 0 Å². The minimum atomic E-state index is 0.824. The Morgan fingerprint density at radius 3 is 1.64 bits per heavy atom. The topological polar surface area (TPSA) is 26.0 Å². The Labute approximate surface area is 180 Å². The van der Waals surface area contributed by atoms with E-state index in [2.05, 4.69) is 52.8 Å². The van der Waals surface area contributed by atoms with E-state index in [0.29, 0.717) is 0 Å². The molecular formula is C27H57N. The van der Waals surface area contributed by atoms with Gasteiger partial charge in [0.15, 0.2) is 0 Å². The highest BCUT2D eigenvalue weighted by atomic mass is 14.5. The predicted octanol–water partition coefficient (Wildman–Crippen LogP) is 9.62. The molecule has 1 heteroatoms. The molecular weight excluding hydrogens is 338 g/mol. The maximum absolute atomic E-state index is 5.30. The summed E-state index contributed by atoms with van der Waals surface area (Å²) in [4.78, 5) is 0. The van der Waals surface area contributed by atoms with Crippen LogP contribution in [0.2, 0.25) is 0 Å². The monoisotopic (exact) mass is 395 g/mol. The summed E-state index contributed by atoms with van der Waals surface area (Å²) in [6, 6.07) is 0. The molecule has 0 radical (unpaired) electrons. The molecule has 0 fully saturated rings. The van der Waals surface area contributed by atoms with Crippen molar-refractivity contribution in [3.63, 3.8) is 0 Å². The summed E-state index contributed by atoms with van der Waals surface area (Å²) < 4.78 is 0. The van der Waals surface area contributed by atoms with E-state index in [9.17, 15) is 0 Å². The van der Waals surface area contributed by atoms with Gasteiger partial charge in [-0.3, -0.25) is 0 Å². The second kappa shape index (κ2) is 31.1. The second-order valence-electron chi connectivity index (χ2n) is 7.92. The van der Waals surface area contributed by atoms with E-state index in [1.54, 1.807) is 0 Å². The van der Waals surface area contributed by atoms with Crippen LogP contribution >= 0.6 is 0 Å². The van der Waals surface area contributed by atoms with Gasteiger partial charge in [0.25, 0.3) is 0 Å². The average Bonchev–Trinajstić information content (AvgIpc) is 2.72. The van der Waals surface area contributed by atoms with Gasteiger partial charge in [-0.1, -0.05) is 129 Å². The largest absolute Gasteiger partial charge is 0.330 e. The normalized spacial score (nSPS) is 12.2. The first kappa shape index (κ1) is 32.1. The van der Waals surface area contributed by atoms with Crippen LogP contribution in [0.5, 0.6) is 0 Å². The highest BCUT2D eigenvalue weighted by molar-refractivity contribution is 5.09. The average molecular weight is 396 g/mol. The van der Waals surface area contributed by atoms with Gasteiger partial charge in [0.05, 0.1) is 0 Å².